The van der Waals surface area contributed by atoms with Gasteiger partial charge in [-0.25, -0.2) is 4.98 Å². The zero-order valence-corrected chi connectivity index (χ0v) is 16.4. The van der Waals surface area contributed by atoms with Crippen LogP contribution in [0.4, 0.5) is 0 Å². The SMILES string of the molecule is O=C(CSc1nc2sc3c(c2c(=O)n1C1CC1)CCNC3)c1ccccc1. The molecule has 0 spiro atoms. The number of fused-ring (bicyclic) bond motifs is 3. The molecule has 0 bridgehead atoms. The van der Waals surface area contributed by atoms with Crippen molar-refractivity contribution < 1.29 is 4.79 Å². The summed E-state index contributed by atoms with van der Waals surface area (Å²) >= 11 is 3.00. The van der Waals surface area contributed by atoms with Crippen LogP contribution < -0.4 is 10.9 Å². The molecule has 1 fully saturated rings. The molecule has 1 aromatic carbocycles. The van der Waals surface area contributed by atoms with Crippen LogP contribution >= 0.6 is 23.1 Å². The van der Waals surface area contributed by atoms with E-state index < -0.39 is 0 Å². The van der Waals surface area contributed by atoms with Crippen molar-refractivity contribution in [3.63, 3.8) is 0 Å². The lowest BCUT2D eigenvalue weighted by Gasteiger charge is -2.13. The first-order valence-corrected chi connectivity index (χ1v) is 11.0. The molecule has 0 amide bonds. The summed E-state index contributed by atoms with van der Waals surface area (Å²) < 4.78 is 1.85. The van der Waals surface area contributed by atoms with Crippen LogP contribution in [0.15, 0.2) is 40.3 Å². The van der Waals surface area contributed by atoms with Crippen molar-refractivity contribution in [2.75, 3.05) is 12.3 Å². The molecule has 1 aliphatic heterocycles. The van der Waals surface area contributed by atoms with Gasteiger partial charge in [-0.1, -0.05) is 42.1 Å². The summed E-state index contributed by atoms with van der Waals surface area (Å²) in [4.78, 5) is 32.6. The first-order valence-electron chi connectivity index (χ1n) is 9.21. The number of hydrogen-bond donors (Lipinski definition) is 1. The normalized spacial score (nSPS) is 16.4. The largest absolute Gasteiger partial charge is 0.312 e. The van der Waals surface area contributed by atoms with Crippen LogP contribution in [0, 0.1) is 0 Å². The molecule has 7 heteroatoms. The summed E-state index contributed by atoms with van der Waals surface area (Å²) in [6.07, 6.45) is 2.91. The summed E-state index contributed by atoms with van der Waals surface area (Å²) in [6, 6.07) is 9.53. The summed E-state index contributed by atoms with van der Waals surface area (Å²) in [6.45, 7) is 1.72. The van der Waals surface area contributed by atoms with Gasteiger partial charge in [0.15, 0.2) is 10.9 Å². The number of aromatic nitrogens is 2. The lowest BCUT2D eigenvalue weighted by atomic mass is 10.1. The van der Waals surface area contributed by atoms with E-state index in [1.165, 1.54) is 22.2 Å². The Balaban J connectivity index is 1.53. The van der Waals surface area contributed by atoms with Crippen molar-refractivity contribution >= 4 is 39.1 Å². The molecular weight excluding hydrogens is 378 g/mol. The number of ketones is 1. The number of carbonyl (C=O) groups excluding carboxylic acids is 1. The van der Waals surface area contributed by atoms with E-state index in [1.54, 1.807) is 11.3 Å². The predicted molar refractivity (Wildman–Crippen MR) is 109 cm³/mol. The summed E-state index contributed by atoms with van der Waals surface area (Å²) in [5.74, 6) is 0.355. The van der Waals surface area contributed by atoms with Crippen LogP contribution in [0.3, 0.4) is 0 Å². The minimum Gasteiger partial charge on any atom is -0.312 e. The average molecular weight is 398 g/mol. The molecular formula is C20H19N3O2S2. The van der Waals surface area contributed by atoms with E-state index in [0.29, 0.717) is 16.5 Å². The Morgan fingerprint density at radius 2 is 2.11 bits per heavy atom. The van der Waals surface area contributed by atoms with Crippen LogP contribution in [0.1, 0.15) is 39.7 Å². The number of thioether (sulfide) groups is 1. The van der Waals surface area contributed by atoms with Gasteiger partial charge in [-0.3, -0.25) is 14.2 Å². The van der Waals surface area contributed by atoms with Crippen molar-refractivity contribution in [2.24, 2.45) is 0 Å². The molecule has 0 unspecified atom stereocenters. The van der Waals surface area contributed by atoms with Gasteiger partial charge in [0.2, 0.25) is 0 Å². The maximum Gasteiger partial charge on any atom is 0.263 e. The number of carbonyl (C=O) groups is 1. The van der Waals surface area contributed by atoms with Crippen LogP contribution in [0.25, 0.3) is 10.2 Å². The molecule has 1 aliphatic carbocycles. The number of nitrogens with zero attached hydrogens (tertiary/aromatic N) is 2. The molecule has 27 heavy (non-hydrogen) atoms. The van der Waals surface area contributed by atoms with E-state index in [0.717, 1.165) is 42.6 Å². The smallest absolute Gasteiger partial charge is 0.263 e. The van der Waals surface area contributed by atoms with E-state index in [-0.39, 0.29) is 17.4 Å². The van der Waals surface area contributed by atoms with E-state index in [1.807, 2.05) is 34.9 Å². The highest BCUT2D eigenvalue weighted by molar-refractivity contribution is 7.99. The van der Waals surface area contributed by atoms with E-state index in [4.69, 9.17) is 4.98 Å². The second-order valence-corrected chi connectivity index (χ2v) is 9.02. The maximum absolute atomic E-state index is 13.3. The molecule has 1 saturated carbocycles. The second-order valence-electron chi connectivity index (χ2n) is 6.99. The molecule has 3 heterocycles. The van der Waals surface area contributed by atoms with Gasteiger partial charge in [0, 0.05) is 23.0 Å². The minimum atomic E-state index is 0.0620. The van der Waals surface area contributed by atoms with Crippen LogP contribution in [-0.2, 0) is 13.0 Å². The molecule has 5 rings (SSSR count). The first kappa shape index (κ1) is 17.2. The zero-order valence-electron chi connectivity index (χ0n) is 14.7. The number of thiophene rings is 1. The Hall–Kier alpha value is -1.96. The standard InChI is InChI=1S/C20H19N3O2S2/c24-15(12-4-2-1-3-5-12)11-26-20-22-18-17(19(25)23(20)13-6-7-13)14-8-9-21-10-16(14)27-18/h1-5,13,21H,6-11H2. The number of hydrogen-bond acceptors (Lipinski definition) is 6. The molecule has 2 aliphatic rings. The molecule has 0 radical (unpaired) electrons. The fourth-order valence-electron chi connectivity index (χ4n) is 3.56. The molecule has 5 nitrogen and oxygen atoms in total. The quantitative estimate of drug-likeness (QED) is 0.406. The lowest BCUT2D eigenvalue weighted by molar-refractivity contribution is 0.102. The number of rotatable bonds is 5. The van der Waals surface area contributed by atoms with Gasteiger partial charge in [0.25, 0.3) is 5.56 Å². The summed E-state index contributed by atoms with van der Waals surface area (Å²) in [5, 5.41) is 4.86. The Labute approximate surface area is 164 Å². The van der Waals surface area contributed by atoms with Gasteiger partial charge < -0.3 is 5.32 Å². The monoisotopic (exact) mass is 397 g/mol. The molecule has 138 valence electrons. The minimum absolute atomic E-state index is 0.0620. The fourth-order valence-corrected chi connectivity index (χ4v) is 5.75. The highest BCUT2D eigenvalue weighted by Gasteiger charge is 2.31. The van der Waals surface area contributed by atoms with Crippen LogP contribution in [-0.4, -0.2) is 27.6 Å². The number of nitrogens with one attached hydrogen (secondary N) is 1. The highest BCUT2D eigenvalue weighted by atomic mass is 32.2. The topological polar surface area (TPSA) is 64.0 Å². The van der Waals surface area contributed by atoms with Gasteiger partial charge in [-0.15, -0.1) is 11.3 Å². The third-order valence-electron chi connectivity index (χ3n) is 5.09. The van der Waals surface area contributed by atoms with E-state index in [9.17, 15) is 9.59 Å². The van der Waals surface area contributed by atoms with Crippen LogP contribution in [0.5, 0.6) is 0 Å². The van der Waals surface area contributed by atoms with Gasteiger partial charge >= 0.3 is 0 Å². The van der Waals surface area contributed by atoms with Gasteiger partial charge in [-0.05, 0) is 31.4 Å². The van der Waals surface area contributed by atoms with Crippen molar-refractivity contribution in [1.82, 2.24) is 14.9 Å². The number of Topliss-reactive ketones (excluding diaryl/α,β-unsaturated/α-hetero) is 1. The maximum atomic E-state index is 13.3. The Kier molecular flexibility index (Phi) is 4.38. The van der Waals surface area contributed by atoms with Crippen molar-refractivity contribution in [1.29, 1.82) is 0 Å². The molecule has 1 N–H and O–H groups in total. The lowest BCUT2D eigenvalue weighted by Crippen LogP contribution is -2.26. The zero-order chi connectivity index (χ0) is 18.4. The molecule has 2 aromatic heterocycles. The fraction of sp³-hybridized carbons (Fsp3) is 0.350. The van der Waals surface area contributed by atoms with Crippen molar-refractivity contribution in [2.45, 2.75) is 37.0 Å². The summed E-state index contributed by atoms with van der Waals surface area (Å²) in [5.41, 5.74) is 1.96. The Bertz CT molecular complexity index is 1080. The van der Waals surface area contributed by atoms with Crippen molar-refractivity contribution in [3.05, 3.63) is 56.7 Å². The third-order valence-corrected chi connectivity index (χ3v) is 7.16. The van der Waals surface area contributed by atoms with Gasteiger partial charge in [-0.2, -0.15) is 0 Å². The van der Waals surface area contributed by atoms with Gasteiger partial charge in [0.05, 0.1) is 11.1 Å². The second kappa shape index (κ2) is 6.89. The molecule has 0 saturated heterocycles. The Morgan fingerprint density at radius 3 is 2.89 bits per heavy atom. The van der Waals surface area contributed by atoms with Crippen molar-refractivity contribution in [3.8, 4) is 0 Å². The summed E-state index contributed by atoms with van der Waals surface area (Å²) in [7, 11) is 0. The van der Waals surface area contributed by atoms with E-state index >= 15 is 0 Å². The van der Waals surface area contributed by atoms with Gasteiger partial charge in [0.1, 0.15) is 4.83 Å². The first-order chi connectivity index (χ1) is 13.2. The van der Waals surface area contributed by atoms with Crippen LogP contribution in [0.2, 0.25) is 0 Å². The average Bonchev–Trinajstić information content (AvgIpc) is 3.46. The Morgan fingerprint density at radius 1 is 1.30 bits per heavy atom. The van der Waals surface area contributed by atoms with E-state index in [2.05, 4.69) is 5.32 Å². The number of benzene rings is 1. The highest BCUT2D eigenvalue weighted by Crippen LogP contribution is 2.39. The molecule has 3 aromatic rings. The third kappa shape index (κ3) is 3.13. The predicted octanol–water partition coefficient (Wildman–Crippen LogP) is 3.41. The molecule has 0 atom stereocenters.